The second kappa shape index (κ2) is 5.37. The van der Waals surface area contributed by atoms with Gasteiger partial charge in [-0.2, -0.15) is 0 Å². The van der Waals surface area contributed by atoms with Gasteiger partial charge in [-0.25, -0.2) is 0 Å². The van der Waals surface area contributed by atoms with Crippen molar-refractivity contribution in [3.05, 3.63) is 70.0 Å². The standard InChI is InChI=1S/C13H12N2O3/c16-13(8-10-4-6-14-7-5-10)11-2-1-3-12(9-11)15(17)18/h1-7,9,13,16H,8H2. The maximum atomic E-state index is 10.6. The number of benzene rings is 1. The number of aromatic nitrogens is 1. The van der Waals surface area contributed by atoms with Crippen molar-refractivity contribution in [2.45, 2.75) is 12.5 Å². The molecule has 5 heteroatoms. The van der Waals surface area contributed by atoms with Crippen molar-refractivity contribution in [2.75, 3.05) is 0 Å². The minimum atomic E-state index is -0.757. The van der Waals surface area contributed by atoms with Crippen LogP contribution < -0.4 is 0 Å². The van der Waals surface area contributed by atoms with Crippen molar-refractivity contribution in [2.24, 2.45) is 0 Å². The van der Waals surface area contributed by atoms with E-state index in [4.69, 9.17) is 0 Å². The molecule has 2 rings (SSSR count). The molecule has 2 aromatic rings. The van der Waals surface area contributed by atoms with E-state index >= 15 is 0 Å². The lowest BCUT2D eigenvalue weighted by Gasteiger charge is -2.10. The molecule has 1 N–H and O–H groups in total. The van der Waals surface area contributed by atoms with Crippen molar-refractivity contribution >= 4 is 5.69 Å². The highest BCUT2D eigenvalue weighted by Crippen LogP contribution is 2.22. The number of aliphatic hydroxyl groups is 1. The van der Waals surface area contributed by atoms with Gasteiger partial charge >= 0.3 is 0 Å². The third-order valence-electron chi connectivity index (χ3n) is 2.64. The second-order valence-electron chi connectivity index (χ2n) is 3.93. The molecule has 1 aromatic heterocycles. The van der Waals surface area contributed by atoms with Gasteiger partial charge in [-0.3, -0.25) is 15.1 Å². The Morgan fingerprint density at radius 2 is 2.00 bits per heavy atom. The quantitative estimate of drug-likeness (QED) is 0.661. The molecule has 0 bridgehead atoms. The Kier molecular flexibility index (Phi) is 3.64. The SMILES string of the molecule is O=[N+]([O-])c1cccc(C(O)Cc2ccncc2)c1. The number of hydrogen-bond acceptors (Lipinski definition) is 4. The van der Waals surface area contributed by atoms with Gasteiger partial charge in [-0.15, -0.1) is 0 Å². The highest BCUT2D eigenvalue weighted by atomic mass is 16.6. The van der Waals surface area contributed by atoms with E-state index in [1.807, 2.05) is 0 Å². The summed E-state index contributed by atoms with van der Waals surface area (Å²) in [6.07, 6.45) is 2.95. The average Bonchev–Trinajstić information content (AvgIpc) is 2.40. The number of pyridine rings is 1. The highest BCUT2D eigenvalue weighted by Gasteiger charge is 2.12. The van der Waals surface area contributed by atoms with Crippen molar-refractivity contribution < 1.29 is 10.0 Å². The van der Waals surface area contributed by atoms with Crippen LogP contribution in [0.25, 0.3) is 0 Å². The molecule has 0 amide bonds. The van der Waals surface area contributed by atoms with Crippen LogP contribution in [-0.4, -0.2) is 15.0 Å². The maximum absolute atomic E-state index is 10.6. The summed E-state index contributed by atoms with van der Waals surface area (Å²) in [4.78, 5) is 14.1. The molecule has 0 saturated carbocycles. The molecule has 1 heterocycles. The van der Waals surface area contributed by atoms with Gasteiger partial charge in [0, 0.05) is 30.9 Å². The summed E-state index contributed by atoms with van der Waals surface area (Å²) in [6.45, 7) is 0. The molecule has 1 atom stereocenters. The highest BCUT2D eigenvalue weighted by molar-refractivity contribution is 5.35. The fourth-order valence-electron chi connectivity index (χ4n) is 1.71. The third-order valence-corrected chi connectivity index (χ3v) is 2.64. The lowest BCUT2D eigenvalue weighted by atomic mass is 10.0. The van der Waals surface area contributed by atoms with E-state index in [1.165, 1.54) is 12.1 Å². The Morgan fingerprint density at radius 1 is 1.28 bits per heavy atom. The Bertz CT molecular complexity index is 543. The summed E-state index contributed by atoms with van der Waals surface area (Å²) in [5.74, 6) is 0. The third kappa shape index (κ3) is 2.89. The van der Waals surface area contributed by atoms with Crippen LogP contribution in [0, 0.1) is 10.1 Å². The molecule has 5 nitrogen and oxygen atoms in total. The molecule has 0 spiro atoms. The van der Waals surface area contributed by atoms with Gasteiger partial charge in [-0.05, 0) is 23.3 Å². The van der Waals surface area contributed by atoms with Crippen LogP contribution in [0.5, 0.6) is 0 Å². The number of rotatable bonds is 4. The summed E-state index contributed by atoms with van der Waals surface area (Å²) < 4.78 is 0. The lowest BCUT2D eigenvalue weighted by molar-refractivity contribution is -0.385. The van der Waals surface area contributed by atoms with E-state index in [-0.39, 0.29) is 5.69 Å². The molecule has 18 heavy (non-hydrogen) atoms. The first kappa shape index (κ1) is 12.2. The predicted molar refractivity (Wildman–Crippen MR) is 66.0 cm³/mol. The molecule has 1 unspecified atom stereocenters. The number of nitrogens with zero attached hydrogens (tertiary/aromatic N) is 2. The van der Waals surface area contributed by atoms with Crippen molar-refractivity contribution in [1.82, 2.24) is 4.98 Å². The summed E-state index contributed by atoms with van der Waals surface area (Å²) in [7, 11) is 0. The van der Waals surface area contributed by atoms with Crippen molar-refractivity contribution in [1.29, 1.82) is 0 Å². The van der Waals surface area contributed by atoms with Gasteiger partial charge in [0.05, 0.1) is 11.0 Å². The van der Waals surface area contributed by atoms with Gasteiger partial charge in [0.1, 0.15) is 0 Å². The molecular formula is C13H12N2O3. The van der Waals surface area contributed by atoms with Crippen LogP contribution in [0.15, 0.2) is 48.8 Å². The smallest absolute Gasteiger partial charge is 0.269 e. The van der Waals surface area contributed by atoms with Crippen LogP contribution in [0.4, 0.5) is 5.69 Å². The van der Waals surface area contributed by atoms with E-state index in [2.05, 4.69) is 4.98 Å². The first-order valence-corrected chi connectivity index (χ1v) is 5.48. The molecule has 1 aromatic carbocycles. The average molecular weight is 244 g/mol. The van der Waals surface area contributed by atoms with Crippen LogP contribution in [0.3, 0.4) is 0 Å². The van der Waals surface area contributed by atoms with E-state index < -0.39 is 11.0 Å². The Balaban J connectivity index is 2.16. The van der Waals surface area contributed by atoms with E-state index in [0.29, 0.717) is 12.0 Å². The maximum Gasteiger partial charge on any atom is 0.269 e. The molecule has 0 saturated heterocycles. The summed E-state index contributed by atoms with van der Waals surface area (Å²) in [5.41, 5.74) is 1.46. The van der Waals surface area contributed by atoms with Crippen molar-refractivity contribution in [3.63, 3.8) is 0 Å². The summed E-state index contributed by atoms with van der Waals surface area (Å²) >= 11 is 0. The second-order valence-corrected chi connectivity index (χ2v) is 3.93. The van der Waals surface area contributed by atoms with Gasteiger partial charge in [0.25, 0.3) is 5.69 Å². The Hall–Kier alpha value is -2.27. The Morgan fingerprint density at radius 3 is 2.67 bits per heavy atom. The predicted octanol–water partition coefficient (Wildman–Crippen LogP) is 2.27. The minimum Gasteiger partial charge on any atom is -0.388 e. The number of nitro benzene ring substituents is 1. The van der Waals surface area contributed by atoms with Gasteiger partial charge in [-0.1, -0.05) is 12.1 Å². The summed E-state index contributed by atoms with van der Waals surface area (Å²) in [5, 5.41) is 20.7. The molecule has 0 aliphatic carbocycles. The lowest BCUT2D eigenvalue weighted by Crippen LogP contribution is -2.02. The first-order chi connectivity index (χ1) is 8.66. The van der Waals surface area contributed by atoms with E-state index in [9.17, 15) is 15.2 Å². The zero-order valence-corrected chi connectivity index (χ0v) is 9.56. The van der Waals surface area contributed by atoms with Crippen molar-refractivity contribution in [3.8, 4) is 0 Å². The number of nitro groups is 1. The Labute approximate surface area is 104 Å². The van der Waals surface area contributed by atoms with Crippen LogP contribution in [0.2, 0.25) is 0 Å². The van der Waals surface area contributed by atoms with E-state index in [1.54, 1.807) is 36.7 Å². The fourth-order valence-corrected chi connectivity index (χ4v) is 1.71. The molecule has 0 aliphatic rings. The van der Waals surface area contributed by atoms with Gasteiger partial charge in [0.2, 0.25) is 0 Å². The fraction of sp³-hybridized carbons (Fsp3) is 0.154. The molecule has 92 valence electrons. The minimum absolute atomic E-state index is 0.0127. The van der Waals surface area contributed by atoms with Gasteiger partial charge in [0.15, 0.2) is 0 Å². The number of aliphatic hydroxyl groups excluding tert-OH is 1. The molecule has 0 aliphatic heterocycles. The molecular weight excluding hydrogens is 232 g/mol. The number of hydrogen-bond donors (Lipinski definition) is 1. The normalized spacial score (nSPS) is 12.1. The van der Waals surface area contributed by atoms with Crippen LogP contribution >= 0.6 is 0 Å². The first-order valence-electron chi connectivity index (χ1n) is 5.48. The van der Waals surface area contributed by atoms with Gasteiger partial charge < -0.3 is 5.11 Å². The molecule has 0 fully saturated rings. The number of non-ortho nitro benzene ring substituents is 1. The summed E-state index contributed by atoms with van der Waals surface area (Å²) in [6, 6.07) is 9.66. The zero-order valence-electron chi connectivity index (χ0n) is 9.56. The van der Waals surface area contributed by atoms with E-state index in [0.717, 1.165) is 5.56 Å². The largest absolute Gasteiger partial charge is 0.388 e. The zero-order chi connectivity index (χ0) is 13.0. The topological polar surface area (TPSA) is 76.3 Å². The van der Waals surface area contributed by atoms with Crippen LogP contribution in [-0.2, 0) is 6.42 Å². The van der Waals surface area contributed by atoms with Crippen LogP contribution in [0.1, 0.15) is 17.2 Å². The monoisotopic (exact) mass is 244 g/mol. The molecule has 0 radical (unpaired) electrons.